The van der Waals surface area contributed by atoms with Gasteiger partial charge >= 0.3 is 0 Å². The molecular weight excluding hydrogens is 158 g/mol. The number of hydrogen-bond acceptors (Lipinski definition) is 1. The Morgan fingerprint density at radius 3 is 2.54 bits per heavy atom. The molecule has 0 saturated heterocycles. The van der Waals surface area contributed by atoms with Crippen molar-refractivity contribution in [1.29, 1.82) is 5.26 Å². The lowest BCUT2D eigenvalue weighted by molar-refractivity contribution is 0.104. The molecule has 0 heterocycles. The molecule has 0 radical (unpaired) electrons. The summed E-state index contributed by atoms with van der Waals surface area (Å²) in [5.74, 6) is 1.85. The van der Waals surface area contributed by atoms with Crippen LogP contribution in [0, 0.1) is 28.6 Å². The van der Waals surface area contributed by atoms with E-state index in [0.29, 0.717) is 0 Å². The molecule has 0 amide bonds. The van der Waals surface area contributed by atoms with E-state index in [1.165, 1.54) is 38.5 Å². The van der Waals surface area contributed by atoms with E-state index in [-0.39, 0.29) is 5.41 Å². The SMILES string of the molecule is CC1(C#N)CCC2CCCCC2C1. The lowest BCUT2D eigenvalue weighted by atomic mass is 9.62. The van der Waals surface area contributed by atoms with E-state index in [9.17, 15) is 0 Å². The highest BCUT2D eigenvalue weighted by Gasteiger charge is 2.38. The fourth-order valence-corrected chi connectivity index (χ4v) is 3.22. The van der Waals surface area contributed by atoms with Crippen molar-refractivity contribution in [3.05, 3.63) is 0 Å². The predicted octanol–water partition coefficient (Wildman–Crippen LogP) is 3.51. The van der Waals surface area contributed by atoms with Gasteiger partial charge in [0, 0.05) is 0 Å². The Kier molecular flexibility index (Phi) is 2.32. The highest BCUT2D eigenvalue weighted by atomic mass is 14.4. The van der Waals surface area contributed by atoms with Crippen LogP contribution in [0.2, 0.25) is 0 Å². The summed E-state index contributed by atoms with van der Waals surface area (Å²) < 4.78 is 0. The van der Waals surface area contributed by atoms with E-state index in [2.05, 4.69) is 13.0 Å². The summed E-state index contributed by atoms with van der Waals surface area (Å²) in [7, 11) is 0. The Labute approximate surface area is 81.1 Å². The van der Waals surface area contributed by atoms with E-state index < -0.39 is 0 Å². The molecule has 72 valence electrons. The Balaban J connectivity index is 2.03. The molecule has 2 saturated carbocycles. The maximum absolute atomic E-state index is 9.09. The molecule has 0 aromatic rings. The molecule has 3 atom stereocenters. The summed E-state index contributed by atoms with van der Waals surface area (Å²) >= 11 is 0. The number of nitrogens with zero attached hydrogens (tertiary/aromatic N) is 1. The van der Waals surface area contributed by atoms with Crippen LogP contribution in [0.25, 0.3) is 0 Å². The first-order chi connectivity index (χ1) is 6.23. The Morgan fingerprint density at radius 2 is 1.85 bits per heavy atom. The monoisotopic (exact) mass is 177 g/mol. The van der Waals surface area contributed by atoms with Crippen LogP contribution in [0.3, 0.4) is 0 Å². The minimum atomic E-state index is 0.0124. The maximum Gasteiger partial charge on any atom is 0.0686 e. The van der Waals surface area contributed by atoms with E-state index in [1.807, 2.05) is 0 Å². The smallest absolute Gasteiger partial charge is 0.0686 e. The van der Waals surface area contributed by atoms with Gasteiger partial charge in [0.25, 0.3) is 0 Å². The van der Waals surface area contributed by atoms with Crippen molar-refractivity contribution in [1.82, 2.24) is 0 Å². The number of rotatable bonds is 0. The van der Waals surface area contributed by atoms with Crippen LogP contribution in [0.5, 0.6) is 0 Å². The van der Waals surface area contributed by atoms with Gasteiger partial charge in [0.1, 0.15) is 0 Å². The third-order valence-corrected chi connectivity index (χ3v) is 4.12. The molecule has 0 bridgehead atoms. The average Bonchev–Trinajstić information content (AvgIpc) is 2.18. The molecule has 2 fully saturated rings. The van der Waals surface area contributed by atoms with Gasteiger partial charge in [-0.15, -0.1) is 0 Å². The zero-order valence-electron chi connectivity index (χ0n) is 8.55. The molecule has 2 aliphatic carbocycles. The Morgan fingerprint density at radius 1 is 1.15 bits per heavy atom. The van der Waals surface area contributed by atoms with Crippen molar-refractivity contribution < 1.29 is 0 Å². The number of fused-ring (bicyclic) bond motifs is 1. The van der Waals surface area contributed by atoms with Crippen molar-refractivity contribution >= 4 is 0 Å². The molecule has 3 unspecified atom stereocenters. The molecule has 13 heavy (non-hydrogen) atoms. The van der Waals surface area contributed by atoms with Crippen molar-refractivity contribution in [2.24, 2.45) is 17.3 Å². The molecule has 0 aromatic heterocycles. The quantitative estimate of drug-likeness (QED) is 0.555. The van der Waals surface area contributed by atoms with Crippen LogP contribution in [-0.4, -0.2) is 0 Å². The lowest BCUT2D eigenvalue weighted by Crippen LogP contribution is -2.32. The van der Waals surface area contributed by atoms with Crippen molar-refractivity contribution in [3.8, 4) is 6.07 Å². The first-order valence-electron chi connectivity index (χ1n) is 5.65. The predicted molar refractivity (Wildman–Crippen MR) is 53.0 cm³/mol. The highest BCUT2D eigenvalue weighted by molar-refractivity contribution is 5.01. The van der Waals surface area contributed by atoms with Gasteiger partial charge < -0.3 is 0 Å². The molecule has 0 aromatic carbocycles. The summed E-state index contributed by atoms with van der Waals surface area (Å²) in [6, 6.07) is 2.51. The topological polar surface area (TPSA) is 23.8 Å². The van der Waals surface area contributed by atoms with Gasteiger partial charge in [-0.2, -0.15) is 5.26 Å². The molecule has 1 heteroatoms. The van der Waals surface area contributed by atoms with Crippen molar-refractivity contribution in [2.45, 2.75) is 51.9 Å². The van der Waals surface area contributed by atoms with Gasteiger partial charge in [0.05, 0.1) is 11.5 Å². The van der Waals surface area contributed by atoms with E-state index in [1.54, 1.807) is 0 Å². The Bertz CT molecular complexity index is 228. The summed E-state index contributed by atoms with van der Waals surface area (Å²) in [6.07, 6.45) is 9.30. The van der Waals surface area contributed by atoms with Gasteiger partial charge in [0.15, 0.2) is 0 Å². The molecule has 0 spiro atoms. The second kappa shape index (κ2) is 3.33. The Hall–Kier alpha value is -0.510. The first kappa shape index (κ1) is 9.06. The van der Waals surface area contributed by atoms with Crippen molar-refractivity contribution in [2.75, 3.05) is 0 Å². The van der Waals surface area contributed by atoms with Crippen LogP contribution in [0.4, 0.5) is 0 Å². The fourth-order valence-electron chi connectivity index (χ4n) is 3.22. The minimum absolute atomic E-state index is 0.0124. The van der Waals surface area contributed by atoms with Crippen molar-refractivity contribution in [3.63, 3.8) is 0 Å². The molecule has 2 rings (SSSR count). The first-order valence-corrected chi connectivity index (χ1v) is 5.65. The summed E-state index contributed by atoms with van der Waals surface area (Å²) in [5, 5.41) is 9.09. The van der Waals surface area contributed by atoms with E-state index in [0.717, 1.165) is 18.3 Å². The third kappa shape index (κ3) is 1.73. The molecule has 1 nitrogen and oxygen atoms in total. The molecule has 0 aliphatic heterocycles. The van der Waals surface area contributed by atoms with Gasteiger partial charge in [-0.1, -0.05) is 25.7 Å². The van der Waals surface area contributed by atoms with Gasteiger partial charge in [-0.3, -0.25) is 0 Å². The summed E-state index contributed by atoms with van der Waals surface area (Å²) in [6.45, 7) is 2.15. The number of hydrogen-bond donors (Lipinski definition) is 0. The van der Waals surface area contributed by atoms with Crippen LogP contribution in [-0.2, 0) is 0 Å². The second-order valence-electron chi connectivity index (χ2n) is 5.22. The van der Waals surface area contributed by atoms with Gasteiger partial charge in [-0.05, 0) is 38.0 Å². The normalized spacial score (nSPS) is 44.9. The summed E-state index contributed by atoms with van der Waals surface area (Å²) in [4.78, 5) is 0. The zero-order chi connectivity index (χ0) is 9.31. The third-order valence-electron chi connectivity index (χ3n) is 4.12. The fraction of sp³-hybridized carbons (Fsp3) is 0.917. The maximum atomic E-state index is 9.09. The average molecular weight is 177 g/mol. The van der Waals surface area contributed by atoms with Crippen LogP contribution >= 0.6 is 0 Å². The van der Waals surface area contributed by atoms with E-state index in [4.69, 9.17) is 5.26 Å². The molecular formula is C12H19N. The van der Waals surface area contributed by atoms with Crippen LogP contribution < -0.4 is 0 Å². The number of nitriles is 1. The minimum Gasteiger partial charge on any atom is -0.198 e. The zero-order valence-corrected chi connectivity index (χ0v) is 8.55. The lowest BCUT2D eigenvalue weighted by Gasteiger charge is -2.41. The summed E-state index contributed by atoms with van der Waals surface area (Å²) in [5.41, 5.74) is 0.0124. The second-order valence-corrected chi connectivity index (χ2v) is 5.22. The van der Waals surface area contributed by atoms with Crippen LogP contribution in [0.15, 0.2) is 0 Å². The highest BCUT2D eigenvalue weighted by Crippen LogP contribution is 2.47. The molecule has 0 N–H and O–H groups in total. The van der Waals surface area contributed by atoms with Crippen LogP contribution in [0.1, 0.15) is 51.9 Å². The standard InChI is InChI=1S/C12H19N/c1-12(9-13)7-6-10-4-2-3-5-11(10)8-12/h10-11H,2-8H2,1H3. The largest absolute Gasteiger partial charge is 0.198 e. The molecule has 2 aliphatic rings. The van der Waals surface area contributed by atoms with E-state index >= 15 is 0 Å². The van der Waals surface area contributed by atoms with Gasteiger partial charge in [-0.25, -0.2) is 0 Å². The van der Waals surface area contributed by atoms with Gasteiger partial charge in [0.2, 0.25) is 0 Å².